The molecule has 0 bridgehead atoms. The molecule has 0 spiro atoms. The Morgan fingerprint density at radius 2 is 1.75 bits per heavy atom. The SMILES string of the molecule is CC(=O)Nc1ccc(C(=O)Nc2nnc(C3CCCCC3)s2)cc1. The highest BCUT2D eigenvalue weighted by Crippen LogP contribution is 2.35. The number of hydrogen-bond acceptors (Lipinski definition) is 5. The highest BCUT2D eigenvalue weighted by atomic mass is 32.1. The van der Waals surface area contributed by atoms with Crippen molar-refractivity contribution in [3.05, 3.63) is 34.8 Å². The highest BCUT2D eigenvalue weighted by Gasteiger charge is 2.20. The number of benzene rings is 1. The molecule has 1 saturated carbocycles. The topological polar surface area (TPSA) is 84.0 Å². The Hall–Kier alpha value is -2.28. The van der Waals surface area contributed by atoms with Crippen LogP contribution in [-0.2, 0) is 4.79 Å². The van der Waals surface area contributed by atoms with Gasteiger partial charge in [-0.1, -0.05) is 30.6 Å². The number of rotatable bonds is 4. The first-order valence-electron chi connectivity index (χ1n) is 8.14. The van der Waals surface area contributed by atoms with Crippen LogP contribution >= 0.6 is 11.3 Å². The van der Waals surface area contributed by atoms with Crippen molar-refractivity contribution in [3.8, 4) is 0 Å². The number of nitrogens with one attached hydrogen (secondary N) is 2. The second-order valence-electron chi connectivity index (χ2n) is 5.99. The molecule has 1 aliphatic carbocycles. The van der Waals surface area contributed by atoms with Gasteiger partial charge in [-0.15, -0.1) is 10.2 Å². The Balaban J connectivity index is 1.62. The molecule has 0 aliphatic heterocycles. The number of carbonyl (C=O) groups is 2. The summed E-state index contributed by atoms with van der Waals surface area (Å²) < 4.78 is 0. The second-order valence-corrected chi connectivity index (χ2v) is 7.00. The Morgan fingerprint density at radius 1 is 1.04 bits per heavy atom. The second kappa shape index (κ2) is 7.53. The molecule has 3 rings (SSSR count). The Morgan fingerprint density at radius 3 is 2.42 bits per heavy atom. The van der Waals surface area contributed by atoms with Crippen LogP contribution in [0.15, 0.2) is 24.3 Å². The summed E-state index contributed by atoms with van der Waals surface area (Å²) in [4.78, 5) is 23.3. The van der Waals surface area contributed by atoms with Crippen molar-refractivity contribution in [1.29, 1.82) is 0 Å². The molecule has 2 amide bonds. The van der Waals surface area contributed by atoms with E-state index in [0.717, 1.165) is 17.8 Å². The first kappa shape index (κ1) is 16.6. The number of nitrogens with zero attached hydrogens (tertiary/aromatic N) is 2. The summed E-state index contributed by atoms with van der Waals surface area (Å²) in [5.74, 6) is 0.117. The summed E-state index contributed by atoms with van der Waals surface area (Å²) in [6.45, 7) is 1.44. The third kappa shape index (κ3) is 4.17. The highest BCUT2D eigenvalue weighted by molar-refractivity contribution is 7.15. The van der Waals surface area contributed by atoms with E-state index in [1.54, 1.807) is 24.3 Å². The zero-order chi connectivity index (χ0) is 16.9. The lowest BCUT2D eigenvalue weighted by molar-refractivity contribution is -0.114. The number of carbonyl (C=O) groups excluding carboxylic acids is 2. The van der Waals surface area contributed by atoms with Gasteiger partial charge in [0.05, 0.1) is 0 Å². The Labute approximate surface area is 144 Å². The van der Waals surface area contributed by atoms with Crippen LogP contribution < -0.4 is 10.6 Å². The maximum Gasteiger partial charge on any atom is 0.257 e. The van der Waals surface area contributed by atoms with Gasteiger partial charge in [0.25, 0.3) is 5.91 Å². The summed E-state index contributed by atoms with van der Waals surface area (Å²) in [5, 5.41) is 15.4. The molecule has 24 heavy (non-hydrogen) atoms. The van der Waals surface area contributed by atoms with E-state index < -0.39 is 0 Å². The molecule has 0 unspecified atom stereocenters. The number of hydrogen-bond donors (Lipinski definition) is 2. The van der Waals surface area contributed by atoms with E-state index in [-0.39, 0.29) is 11.8 Å². The van der Waals surface area contributed by atoms with Crippen molar-refractivity contribution in [1.82, 2.24) is 10.2 Å². The van der Waals surface area contributed by atoms with Gasteiger partial charge >= 0.3 is 0 Å². The minimum atomic E-state index is -0.226. The van der Waals surface area contributed by atoms with Gasteiger partial charge in [0.1, 0.15) is 5.01 Å². The van der Waals surface area contributed by atoms with E-state index in [0.29, 0.717) is 22.3 Å². The van der Waals surface area contributed by atoms with Crippen molar-refractivity contribution in [2.45, 2.75) is 44.9 Å². The lowest BCUT2D eigenvalue weighted by Crippen LogP contribution is -2.12. The number of anilines is 2. The summed E-state index contributed by atoms with van der Waals surface area (Å²) in [7, 11) is 0. The molecule has 0 saturated heterocycles. The molecule has 2 N–H and O–H groups in total. The fourth-order valence-electron chi connectivity index (χ4n) is 2.88. The third-order valence-electron chi connectivity index (χ3n) is 4.08. The average Bonchev–Trinajstić information content (AvgIpc) is 3.04. The van der Waals surface area contributed by atoms with E-state index in [1.165, 1.54) is 37.5 Å². The Bertz CT molecular complexity index is 720. The van der Waals surface area contributed by atoms with Crippen LogP contribution in [0.5, 0.6) is 0 Å². The van der Waals surface area contributed by atoms with Crippen molar-refractivity contribution >= 4 is 34.0 Å². The van der Waals surface area contributed by atoms with Crippen molar-refractivity contribution < 1.29 is 9.59 Å². The van der Waals surface area contributed by atoms with Gasteiger partial charge < -0.3 is 5.32 Å². The van der Waals surface area contributed by atoms with Gasteiger partial charge in [0, 0.05) is 24.1 Å². The molecule has 1 heterocycles. The van der Waals surface area contributed by atoms with Crippen LogP contribution in [0.2, 0.25) is 0 Å². The predicted molar refractivity (Wildman–Crippen MR) is 94.4 cm³/mol. The van der Waals surface area contributed by atoms with E-state index in [9.17, 15) is 9.59 Å². The Kier molecular flexibility index (Phi) is 5.20. The molecule has 126 valence electrons. The van der Waals surface area contributed by atoms with Gasteiger partial charge in [-0.05, 0) is 37.1 Å². The monoisotopic (exact) mass is 344 g/mol. The molecule has 6 nitrogen and oxygen atoms in total. The molecule has 0 atom stereocenters. The largest absolute Gasteiger partial charge is 0.326 e. The predicted octanol–water partition coefficient (Wildman–Crippen LogP) is 3.80. The summed E-state index contributed by atoms with van der Waals surface area (Å²) in [6, 6.07) is 6.74. The van der Waals surface area contributed by atoms with Crippen LogP contribution in [0.25, 0.3) is 0 Å². The maximum atomic E-state index is 12.3. The van der Waals surface area contributed by atoms with E-state index in [1.807, 2.05) is 0 Å². The lowest BCUT2D eigenvalue weighted by atomic mass is 9.90. The standard InChI is InChI=1S/C17H20N4O2S/c1-11(22)18-14-9-7-12(8-10-14)15(23)19-17-21-20-16(24-17)13-5-3-2-4-6-13/h7-10,13H,2-6H2,1H3,(H,18,22)(H,19,21,23). The smallest absolute Gasteiger partial charge is 0.257 e. The van der Waals surface area contributed by atoms with Crippen molar-refractivity contribution in [2.75, 3.05) is 10.6 Å². The first-order valence-corrected chi connectivity index (χ1v) is 8.96. The quantitative estimate of drug-likeness (QED) is 0.883. The van der Waals surface area contributed by atoms with Gasteiger partial charge in [-0.2, -0.15) is 0 Å². The first-order chi connectivity index (χ1) is 11.6. The summed E-state index contributed by atoms with van der Waals surface area (Å²) in [5.41, 5.74) is 1.17. The molecular formula is C17H20N4O2S. The fraction of sp³-hybridized carbons (Fsp3) is 0.412. The zero-order valence-corrected chi connectivity index (χ0v) is 14.4. The summed E-state index contributed by atoms with van der Waals surface area (Å²) in [6.07, 6.45) is 6.10. The molecule has 1 aromatic carbocycles. The van der Waals surface area contributed by atoms with Crippen molar-refractivity contribution in [2.24, 2.45) is 0 Å². The average molecular weight is 344 g/mol. The van der Waals surface area contributed by atoms with Gasteiger partial charge in [0.15, 0.2) is 0 Å². The van der Waals surface area contributed by atoms with Crippen LogP contribution in [-0.4, -0.2) is 22.0 Å². The number of amides is 2. The molecule has 2 aromatic rings. The van der Waals surface area contributed by atoms with Crippen LogP contribution in [0.1, 0.15) is 60.3 Å². The van der Waals surface area contributed by atoms with Crippen molar-refractivity contribution in [3.63, 3.8) is 0 Å². The molecule has 7 heteroatoms. The van der Waals surface area contributed by atoms with Crippen LogP contribution in [0, 0.1) is 0 Å². The van der Waals surface area contributed by atoms with Crippen LogP contribution in [0.4, 0.5) is 10.8 Å². The lowest BCUT2D eigenvalue weighted by Gasteiger charge is -2.18. The molecule has 1 aliphatic rings. The van der Waals surface area contributed by atoms with Gasteiger partial charge in [0.2, 0.25) is 11.0 Å². The number of aromatic nitrogens is 2. The van der Waals surface area contributed by atoms with E-state index >= 15 is 0 Å². The maximum absolute atomic E-state index is 12.3. The molecule has 0 radical (unpaired) electrons. The summed E-state index contributed by atoms with van der Waals surface area (Å²) >= 11 is 1.46. The molecule has 1 aromatic heterocycles. The van der Waals surface area contributed by atoms with E-state index in [2.05, 4.69) is 20.8 Å². The van der Waals surface area contributed by atoms with Gasteiger partial charge in [-0.25, -0.2) is 0 Å². The zero-order valence-electron chi connectivity index (χ0n) is 13.5. The molecular weight excluding hydrogens is 324 g/mol. The molecule has 1 fully saturated rings. The van der Waals surface area contributed by atoms with E-state index in [4.69, 9.17) is 0 Å². The van der Waals surface area contributed by atoms with Crippen LogP contribution in [0.3, 0.4) is 0 Å². The minimum absolute atomic E-state index is 0.142. The minimum Gasteiger partial charge on any atom is -0.326 e. The van der Waals surface area contributed by atoms with Gasteiger partial charge in [-0.3, -0.25) is 14.9 Å². The normalized spacial score (nSPS) is 15.0. The third-order valence-corrected chi connectivity index (χ3v) is 5.08. The fourth-order valence-corrected chi connectivity index (χ4v) is 3.78.